The zero-order valence-corrected chi connectivity index (χ0v) is 11.5. The molecule has 1 aliphatic rings. The van der Waals surface area contributed by atoms with Gasteiger partial charge < -0.3 is 15.2 Å². The van der Waals surface area contributed by atoms with Crippen molar-refractivity contribution in [3.05, 3.63) is 0 Å². The first-order valence-corrected chi connectivity index (χ1v) is 7.10. The second kappa shape index (κ2) is 8.90. The maximum absolute atomic E-state index is 6.20. The lowest BCUT2D eigenvalue weighted by atomic mass is 9.75. The SMILES string of the molecule is CCCC1CCC(N)C(CCOCCOC)C1. The van der Waals surface area contributed by atoms with Gasteiger partial charge in [-0.3, -0.25) is 0 Å². The standard InChI is InChI=1S/C14H29NO2/c1-3-4-12-5-6-14(15)13(11-12)7-8-17-10-9-16-2/h12-14H,3-11,15H2,1-2H3. The average molecular weight is 243 g/mol. The van der Waals surface area contributed by atoms with Gasteiger partial charge in [0.2, 0.25) is 0 Å². The van der Waals surface area contributed by atoms with Crippen LogP contribution in [0, 0.1) is 11.8 Å². The van der Waals surface area contributed by atoms with E-state index >= 15 is 0 Å². The highest BCUT2D eigenvalue weighted by Crippen LogP contribution is 2.32. The van der Waals surface area contributed by atoms with Crippen molar-refractivity contribution in [2.75, 3.05) is 26.9 Å². The summed E-state index contributed by atoms with van der Waals surface area (Å²) in [5.41, 5.74) is 6.20. The zero-order valence-electron chi connectivity index (χ0n) is 11.5. The van der Waals surface area contributed by atoms with Gasteiger partial charge in [0.25, 0.3) is 0 Å². The predicted octanol–water partition coefficient (Wildman–Crippen LogP) is 2.58. The Labute approximate surface area is 106 Å². The van der Waals surface area contributed by atoms with Gasteiger partial charge in [-0.1, -0.05) is 19.8 Å². The normalized spacial score (nSPS) is 29.5. The van der Waals surface area contributed by atoms with Gasteiger partial charge in [-0.15, -0.1) is 0 Å². The number of hydrogen-bond acceptors (Lipinski definition) is 3. The number of rotatable bonds is 8. The first kappa shape index (κ1) is 14.9. The molecule has 17 heavy (non-hydrogen) atoms. The second-order valence-electron chi connectivity index (χ2n) is 5.29. The van der Waals surface area contributed by atoms with Crippen LogP contribution in [0.25, 0.3) is 0 Å². The lowest BCUT2D eigenvalue weighted by molar-refractivity contribution is 0.0564. The summed E-state index contributed by atoms with van der Waals surface area (Å²) in [7, 11) is 1.70. The van der Waals surface area contributed by atoms with E-state index < -0.39 is 0 Å². The van der Waals surface area contributed by atoms with Gasteiger partial charge in [0.1, 0.15) is 0 Å². The van der Waals surface area contributed by atoms with E-state index in [1.165, 1.54) is 32.1 Å². The number of nitrogens with two attached hydrogens (primary N) is 1. The van der Waals surface area contributed by atoms with Crippen molar-refractivity contribution in [1.29, 1.82) is 0 Å². The Balaban J connectivity index is 2.15. The lowest BCUT2D eigenvalue weighted by Gasteiger charge is -2.34. The third-order valence-electron chi connectivity index (χ3n) is 3.91. The van der Waals surface area contributed by atoms with Crippen LogP contribution in [0.5, 0.6) is 0 Å². The monoisotopic (exact) mass is 243 g/mol. The summed E-state index contributed by atoms with van der Waals surface area (Å²) in [4.78, 5) is 0. The molecule has 0 aromatic rings. The van der Waals surface area contributed by atoms with Crippen molar-refractivity contribution >= 4 is 0 Å². The summed E-state index contributed by atoms with van der Waals surface area (Å²) in [5.74, 6) is 1.58. The fourth-order valence-corrected chi connectivity index (χ4v) is 2.87. The van der Waals surface area contributed by atoms with Gasteiger partial charge in [-0.25, -0.2) is 0 Å². The molecule has 0 spiro atoms. The molecule has 1 saturated carbocycles. The van der Waals surface area contributed by atoms with Crippen LogP contribution in [0.2, 0.25) is 0 Å². The maximum atomic E-state index is 6.20. The van der Waals surface area contributed by atoms with Crippen molar-refractivity contribution in [3.63, 3.8) is 0 Å². The Morgan fingerprint density at radius 2 is 1.94 bits per heavy atom. The highest BCUT2D eigenvalue weighted by atomic mass is 16.5. The smallest absolute Gasteiger partial charge is 0.0700 e. The summed E-state index contributed by atoms with van der Waals surface area (Å²) in [6.07, 6.45) is 7.63. The molecule has 3 heteroatoms. The first-order chi connectivity index (χ1) is 8.27. The molecule has 0 heterocycles. The van der Waals surface area contributed by atoms with E-state index in [1.807, 2.05) is 0 Å². The third kappa shape index (κ3) is 5.84. The Morgan fingerprint density at radius 1 is 1.12 bits per heavy atom. The topological polar surface area (TPSA) is 44.5 Å². The highest BCUT2D eigenvalue weighted by Gasteiger charge is 2.27. The lowest BCUT2D eigenvalue weighted by Crippen LogP contribution is -2.36. The van der Waals surface area contributed by atoms with Crippen molar-refractivity contribution in [1.82, 2.24) is 0 Å². The molecule has 0 radical (unpaired) electrons. The van der Waals surface area contributed by atoms with Crippen molar-refractivity contribution < 1.29 is 9.47 Å². The summed E-state index contributed by atoms with van der Waals surface area (Å²) in [6, 6.07) is 0.397. The van der Waals surface area contributed by atoms with E-state index in [4.69, 9.17) is 15.2 Å². The molecule has 3 atom stereocenters. The average Bonchev–Trinajstić information content (AvgIpc) is 2.33. The Hall–Kier alpha value is -0.120. The molecule has 102 valence electrons. The van der Waals surface area contributed by atoms with Crippen molar-refractivity contribution in [2.45, 2.75) is 51.5 Å². The van der Waals surface area contributed by atoms with E-state index in [2.05, 4.69) is 6.92 Å². The van der Waals surface area contributed by atoms with Gasteiger partial charge in [-0.2, -0.15) is 0 Å². The molecule has 0 aromatic heterocycles. The van der Waals surface area contributed by atoms with E-state index in [9.17, 15) is 0 Å². The molecular weight excluding hydrogens is 214 g/mol. The zero-order chi connectivity index (χ0) is 12.5. The summed E-state index contributed by atoms with van der Waals surface area (Å²) in [5, 5.41) is 0. The quantitative estimate of drug-likeness (QED) is 0.666. The summed E-state index contributed by atoms with van der Waals surface area (Å²) < 4.78 is 10.5. The van der Waals surface area contributed by atoms with Crippen LogP contribution in [-0.2, 0) is 9.47 Å². The van der Waals surface area contributed by atoms with Gasteiger partial charge in [0.15, 0.2) is 0 Å². The van der Waals surface area contributed by atoms with Crippen LogP contribution in [0.4, 0.5) is 0 Å². The number of methoxy groups -OCH3 is 1. The fourth-order valence-electron chi connectivity index (χ4n) is 2.87. The third-order valence-corrected chi connectivity index (χ3v) is 3.91. The van der Waals surface area contributed by atoms with E-state index in [0.29, 0.717) is 25.2 Å². The molecule has 2 N–H and O–H groups in total. The van der Waals surface area contributed by atoms with Gasteiger partial charge >= 0.3 is 0 Å². The molecule has 0 amide bonds. The Morgan fingerprint density at radius 3 is 2.65 bits per heavy atom. The second-order valence-corrected chi connectivity index (χ2v) is 5.29. The molecule has 0 aromatic carbocycles. The van der Waals surface area contributed by atoms with Crippen LogP contribution >= 0.6 is 0 Å². The van der Waals surface area contributed by atoms with Crippen LogP contribution in [0.15, 0.2) is 0 Å². The largest absolute Gasteiger partial charge is 0.382 e. The molecule has 0 saturated heterocycles. The number of ether oxygens (including phenoxy) is 2. The summed E-state index contributed by atoms with van der Waals surface area (Å²) in [6.45, 7) is 4.50. The molecule has 3 unspecified atom stereocenters. The molecule has 1 fully saturated rings. The molecule has 1 aliphatic carbocycles. The van der Waals surface area contributed by atoms with Crippen molar-refractivity contribution in [3.8, 4) is 0 Å². The summed E-state index contributed by atoms with van der Waals surface area (Å²) >= 11 is 0. The van der Waals surface area contributed by atoms with E-state index in [1.54, 1.807) is 7.11 Å². The number of hydrogen-bond donors (Lipinski definition) is 1. The minimum atomic E-state index is 0.397. The molecule has 1 rings (SSSR count). The van der Waals surface area contributed by atoms with Gasteiger partial charge in [-0.05, 0) is 37.5 Å². The highest BCUT2D eigenvalue weighted by molar-refractivity contribution is 4.82. The van der Waals surface area contributed by atoms with Crippen LogP contribution in [-0.4, -0.2) is 33.0 Å². The molecule has 0 aliphatic heterocycles. The van der Waals surface area contributed by atoms with Crippen molar-refractivity contribution in [2.24, 2.45) is 17.6 Å². The van der Waals surface area contributed by atoms with Crippen LogP contribution in [0.1, 0.15) is 45.4 Å². The Bertz CT molecular complexity index is 187. The Kier molecular flexibility index (Phi) is 7.82. The van der Waals surface area contributed by atoms with Gasteiger partial charge in [0, 0.05) is 19.8 Å². The van der Waals surface area contributed by atoms with E-state index in [0.717, 1.165) is 18.9 Å². The van der Waals surface area contributed by atoms with Crippen LogP contribution in [0.3, 0.4) is 0 Å². The van der Waals surface area contributed by atoms with Crippen LogP contribution < -0.4 is 5.73 Å². The molecular formula is C14H29NO2. The maximum Gasteiger partial charge on any atom is 0.0700 e. The minimum absolute atomic E-state index is 0.397. The van der Waals surface area contributed by atoms with Gasteiger partial charge in [0.05, 0.1) is 13.2 Å². The molecule has 3 nitrogen and oxygen atoms in total. The van der Waals surface area contributed by atoms with E-state index in [-0.39, 0.29) is 0 Å². The fraction of sp³-hybridized carbons (Fsp3) is 1.00. The predicted molar refractivity (Wildman–Crippen MR) is 71.0 cm³/mol. The molecule has 0 bridgehead atoms. The minimum Gasteiger partial charge on any atom is -0.382 e. The first-order valence-electron chi connectivity index (χ1n) is 7.10.